The molecule has 0 bridgehead atoms. The van der Waals surface area contributed by atoms with Crippen LogP contribution in [0.25, 0.3) is 5.65 Å². The van der Waals surface area contributed by atoms with Gasteiger partial charge >= 0.3 is 6.18 Å². The van der Waals surface area contributed by atoms with Crippen molar-refractivity contribution >= 4 is 28.8 Å². The van der Waals surface area contributed by atoms with Gasteiger partial charge in [0.2, 0.25) is 5.95 Å². The Balaban J connectivity index is 1.59. The van der Waals surface area contributed by atoms with E-state index in [0.717, 1.165) is 17.8 Å². The highest BCUT2D eigenvalue weighted by Crippen LogP contribution is 2.30. The number of fused-ring (bicyclic) bond motifs is 1. The quantitative estimate of drug-likeness (QED) is 0.548. The number of alkyl halides is 3. The van der Waals surface area contributed by atoms with Crippen LogP contribution in [0.2, 0.25) is 0 Å². The second-order valence-corrected chi connectivity index (χ2v) is 5.68. The van der Waals surface area contributed by atoms with Gasteiger partial charge in [0.15, 0.2) is 5.65 Å². The van der Waals surface area contributed by atoms with Crippen LogP contribution in [0.3, 0.4) is 0 Å². The van der Waals surface area contributed by atoms with Gasteiger partial charge in [-0.2, -0.15) is 22.7 Å². The van der Waals surface area contributed by atoms with E-state index in [-0.39, 0.29) is 5.95 Å². The summed E-state index contributed by atoms with van der Waals surface area (Å²) in [5, 5.41) is 10.5. The predicted molar refractivity (Wildman–Crippen MR) is 95.2 cm³/mol. The van der Waals surface area contributed by atoms with E-state index in [4.69, 9.17) is 0 Å². The number of anilines is 4. The molecule has 3 aromatic heterocycles. The maximum Gasteiger partial charge on any atom is 0.416 e. The second-order valence-electron chi connectivity index (χ2n) is 5.68. The molecule has 4 aromatic rings. The van der Waals surface area contributed by atoms with Crippen molar-refractivity contribution in [2.75, 3.05) is 10.6 Å². The number of benzene rings is 1. The zero-order chi connectivity index (χ0) is 18.9. The maximum atomic E-state index is 12.7. The van der Waals surface area contributed by atoms with Gasteiger partial charge in [0.25, 0.3) is 0 Å². The lowest BCUT2D eigenvalue weighted by Gasteiger charge is -2.07. The van der Waals surface area contributed by atoms with E-state index in [9.17, 15) is 13.2 Å². The van der Waals surface area contributed by atoms with E-state index >= 15 is 0 Å². The lowest BCUT2D eigenvalue weighted by Crippen LogP contribution is -2.04. The number of nitrogens with zero attached hydrogens (tertiary/aromatic N) is 4. The first-order chi connectivity index (χ1) is 13.0. The molecule has 0 aliphatic rings. The molecule has 27 heavy (non-hydrogen) atoms. The second kappa shape index (κ2) is 6.60. The number of nitrogens with one attached hydrogen (secondary N) is 2. The Morgan fingerprint density at radius 3 is 2.22 bits per heavy atom. The van der Waals surface area contributed by atoms with Crippen LogP contribution in [0.5, 0.6) is 0 Å². The molecule has 0 aliphatic carbocycles. The lowest BCUT2D eigenvalue weighted by molar-refractivity contribution is -0.137. The molecular weight excluding hydrogens is 357 g/mol. The summed E-state index contributed by atoms with van der Waals surface area (Å²) in [6, 6.07) is 13.8. The van der Waals surface area contributed by atoms with Crippen LogP contribution in [0, 0.1) is 0 Å². The van der Waals surface area contributed by atoms with Gasteiger partial charge in [-0.05, 0) is 48.5 Å². The minimum Gasteiger partial charge on any atom is -0.340 e. The number of hydrogen-bond acceptors (Lipinski definition) is 5. The van der Waals surface area contributed by atoms with E-state index in [1.165, 1.54) is 12.1 Å². The average Bonchev–Trinajstić information content (AvgIpc) is 3.06. The monoisotopic (exact) mass is 370 g/mol. The summed E-state index contributed by atoms with van der Waals surface area (Å²) in [4.78, 5) is 8.31. The highest BCUT2D eigenvalue weighted by molar-refractivity contribution is 5.62. The van der Waals surface area contributed by atoms with E-state index in [0.29, 0.717) is 17.2 Å². The van der Waals surface area contributed by atoms with Gasteiger partial charge in [0.05, 0.1) is 5.56 Å². The minimum absolute atomic E-state index is 0.277. The molecule has 0 radical (unpaired) electrons. The van der Waals surface area contributed by atoms with Crippen LogP contribution < -0.4 is 10.6 Å². The fourth-order valence-electron chi connectivity index (χ4n) is 2.51. The summed E-state index contributed by atoms with van der Waals surface area (Å²) in [6.07, 6.45) is -1.03. The first kappa shape index (κ1) is 16.8. The molecule has 0 amide bonds. The Morgan fingerprint density at radius 2 is 1.52 bits per heavy atom. The highest BCUT2D eigenvalue weighted by Gasteiger charge is 2.29. The molecule has 0 fully saturated rings. The molecule has 0 spiro atoms. The topological polar surface area (TPSA) is 67.1 Å². The Hall–Kier alpha value is -3.62. The molecule has 0 aliphatic heterocycles. The van der Waals surface area contributed by atoms with Gasteiger partial charge < -0.3 is 10.6 Å². The molecule has 9 heteroatoms. The smallest absolute Gasteiger partial charge is 0.340 e. The Labute approximate surface area is 151 Å². The van der Waals surface area contributed by atoms with Gasteiger partial charge in [-0.25, -0.2) is 0 Å². The van der Waals surface area contributed by atoms with Crippen LogP contribution in [-0.2, 0) is 6.18 Å². The number of rotatable bonds is 4. The zero-order valence-electron chi connectivity index (χ0n) is 13.8. The summed E-state index contributed by atoms with van der Waals surface area (Å²) in [6.45, 7) is 0. The fraction of sp³-hybridized carbons (Fsp3) is 0.0556. The summed E-state index contributed by atoms with van der Waals surface area (Å²) in [5.74, 6) is 0.963. The van der Waals surface area contributed by atoms with E-state index in [1.807, 2.05) is 24.3 Å². The van der Waals surface area contributed by atoms with Crippen molar-refractivity contribution in [3.05, 3.63) is 72.6 Å². The third-order valence-electron chi connectivity index (χ3n) is 3.78. The van der Waals surface area contributed by atoms with Crippen molar-refractivity contribution in [1.29, 1.82) is 0 Å². The molecule has 0 saturated heterocycles. The first-order valence-electron chi connectivity index (χ1n) is 7.96. The largest absolute Gasteiger partial charge is 0.416 e. The number of halogens is 3. The van der Waals surface area contributed by atoms with E-state index in [2.05, 4.69) is 25.7 Å². The molecule has 1 aromatic carbocycles. The van der Waals surface area contributed by atoms with Crippen molar-refractivity contribution in [2.45, 2.75) is 6.18 Å². The van der Waals surface area contributed by atoms with Crippen LogP contribution >= 0.6 is 0 Å². The zero-order valence-corrected chi connectivity index (χ0v) is 13.8. The predicted octanol–water partition coefficient (Wildman–Crippen LogP) is 4.63. The third kappa shape index (κ3) is 3.66. The van der Waals surface area contributed by atoms with Crippen molar-refractivity contribution in [1.82, 2.24) is 19.6 Å². The Morgan fingerprint density at radius 1 is 0.815 bits per heavy atom. The first-order valence-corrected chi connectivity index (χ1v) is 7.96. The number of hydrogen-bond donors (Lipinski definition) is 2. The molecule has 4 rings (SSSR count). The minimum atomic E-state index is -4.37. The molecular formula is C18H13F3N6. The summed E-state index contributed by atoms with van der Waals surface area (Å²) < 4.78 is 39.6. The van der Waals surface area contributed by atoms with Crippen LogP contribution in [0.15, 0.2) is 67.0 Å². The highest BCUT2D eigenvalue weighted by atomic mass is 19.4. The van der Waals surface area contributed by atoms with Crippen LogP contribution in [0.4, 0.5) is 36.3 Å². The maximum absolute atomic E-state index is 12.7. The normalized spacial score (nSPS) is 11.5. The van der Waals surface area contributed by atoms with Crippen molar-refractivity contribution in [3.8, 4) is 0 Å². The summed E-state index contributed by atoms with van der Waals surface area (Å²) in [5.41, 5.74) is 1.18. The Bertz CT molecular complexity index is 1060. The standard InChI is InChI=1S/C18H13F3N6/c19-18(20,21)12-4-6-13(7-5-12)24-17-25-16-3-1-2-15(27(16)26-17)23-14-8-10-22-11-9-14/h1-11H,(H,22,23)(H,24,26). The fourth-order valence-corrected chi connectivity index (χ4v) is 2.51. The van der Waals surface area contributed by atoms with Gasteiger partial charge in [0.1, 0.15) is 5.82 Å². The van der Waals surface area contributed by atoms with Crippen molar-refractivity contribution < 1.29 is 13.2 Å². The molecule has 0 unspecified atom stereocenters. The summed E-state index contributed by atoms with van der Waals surface area (Å²) >= 11 is 0. The van der Waals surface area contributed by atoms with Gasteiger partial charge in [-0.3, -0.25) is 4.98 Å². The molecule has 0 saturated carbocycles. The van der Waals surface area contributed by atoms with Gasteiger partial charge in [-0.15, -0.1) is 5.10 Å². The van der Waals surface area contributed by atoms with E-state index < -0.39 is 11.7 Å². The van der Waals surface area contributed by atoms with Crippen molar-refractivity contribution in [3.63, 3.8) is 0 Å². The Kier molecular flexibility index (Phi) is 4.11. The lowest BCUT2D eigenvalue weighted by atomic mass is 10.2. The summed E-state index contributed by atoms with van der Waals surface area (Å²) in [7, 11) is 0. The molecule has 136 valence electrons. The van der Waals surface area contributed by atoms with Crippen LogP contribution in [0.1, 0.15) is 5.56 Å². The third-order valence-corrected chi connectivity index (χ3v) is 3.78. The van der Waals surface area contributed by atoms with Crippen molar-refractivity contribution in [2.24, 2.45) is 0 Å². The van der Waals surface area contributed by atoms with Gasteiger partial charge in [-0.1, -0.05) is 6.07 Å². The SMILES string of the molecule is FC(F)(F)c1ccc(Nc2nc3cccc(Nc4ccncc4)n3n2)cc1. The molecule has 2 N–H and O–H groups in total. The molecule has 3 heterocycles. The van der Waals surface area contributed by atoms with Gasteiger partial charge in [0, 0.05) is 23.8 Å². The van der Waals surface area contributed by atoms with E-state index in [1.54, 1.807) is 23.0 Å². The number of pyridine rings is 2. The number of aromatic nitrogens is 4. The molecule has 6 nitrogen and oxygen atoms in total. The van der Waals surface area contributed by atoms with Crippen LogP contribution in [-0.4, -0.2) is 19.6 Å². The average molecular weight is 370 g/mol. The molecule has 0 atom stereocenters.